The molecule has 4 nitrogen and oxygen atoms in total. The van der Waals surface area contributed by atoms with Gasteiger partial charge in [0.1, 0.15) is 0 Å². The molecule has 2 heterocycles. The number of piperidine rings is 1. The molecule has 0 aromatic heterocycles. The van der Waals surface area contributed by atoms with E-state index in [4.69, 9.17) is 0 Å². The van der Waals surface area contributed by atoms with Gasteiger partial charge in [-0.05, 0) is 57.8 Å². The van der Waals surface area contributed by atoms with Crippen molar-refractivity contribution in [2.75, 3.05) is 39.3 Å². The van der Waals surface area contributed by atoms with Gasteiger partial charge in [0.25, 0.3) is 0 Å². The summed E-state index contributed by atoms with van der Waals surface area (Å²) in [5.41, 5.74) is 0. The van der Waals surface area contributed by atoms with Gasteiger partial charge in [-0.1, -0.05) is 6.92 Å². The van der Waals surface area contributed by atoms with E-state index in [9.17, 15) is 4.79 Å². The minimum Gasteiger partial charge on any atom is -0.356 e. The molecule has 2 N–H and O–H groups in total. The van der Waals surface area contributed by atoms with Gasteiger partial charge in [0.2, 0.25) is 5.91 Å². The lowest BCUT2D eigenvalue weighted by Gasteiger charge is -2.26. The highest BCUT2D eigenvalue weighted by atomic mass is 16.1. The van der Waals surface area contributed by atoms with E-state index < -0.39 is 0 Å². The highest BCUT2D eigenvalue weighted by molar-refractivity contribution is 5.78. The van der Waals surface area contributed by atoms with Crippen LogP contribution in [0.2, 0.25) is 0 Å². The second kappa shape index (κ2) is 7.10. The van der Waals surface area contributed by atoms with Gasteiger partial charge >= 0.3 is 0 Å². The number of hydrogen-bond acceptors (Lipinski definition) is 3. The highest BCUT2D eigenvalue weighted by Crippen LogP contribution is 2.15. The summed E-state index contributed by atoms with van der Waals surface area (Å²) < 4.78 is 0. The van der Waals surface area contributed by atoms with E-state index in [1.165, 1.54) is 25.9 Å². The lowest BCUT2D eigenvalue weighted by atomic mass is 9.91. The van der Waals surface area contributed by atoms with Crippen molar-refractivity contribution in [2.24, 2.45) is 11.8 Å². The number of hydrogen-bond donors (Lipinski definition) is 2. The topological polar surface area (TPSA) is 44.4 Å². The van der Waals surface area contributed by atoms with Crippen LogP contribution >= 0.6 is 0 Å². The maximum absolute atomic E-state index is 12.0. The molecule has 0 bridgehead atoms. The summed E-state index contributed by atoms with van der Waals surface area (Å²) >= 11 is 0. The second-order valence-electron chi connectivity index (χ2n) is 5.89. The SMILES string of the molecule is CC1CNCC(C(=O)NCCCN2CCCC2)C1. The molecule has 2 fully saturated rings. The van der Waals surface area contributed by atoms with Gasteiger partial charge in [-0.25, -0.2) is 0 Å². The van der Waals surface area contributed by atoms with Crippen molar-refractivity contribution < 1.29 is 4.79 Å². The molecule has 0 aromatic rings. The average Bonchev–Trinajstić information content (AvgIpc) is 2.87. The number of rotatable bonds is 5. The van der Waals surface area contributed by atoms with E-state index >= 15 is 0 Å². The number of carbonyl (C=O) groups is 1. The molecule has 2 rings (SSSR count). The lowest BCUT2D eigenvalue weighted by Crippen LogP contribution is -2.43. The fourth-order valence-corrected chi connectivity index (χ4v) is 3.02. The minimum atomic E-state index is 0.181. The molecule has 4 heteroatoms. The van der Waals surface area contributed by atoms with Crippen LogP contribution in [0.3, 0.4) is 0 Å². The molecule has 18 heavy (non-hydrogen) atoms. The molecule has 0 aromatic carbocycles. The van der Waals surface area contributed by atoms with Crippen molar-refractivity contribution in [2.45, 2.75) is 32.6 Å². The number of likely N-dealkylation sites (tertiary alicyclic amines) is 1. The molecule has 0 radical (unpaired) electrons. The van der Waals surface area contributed by atoms with Crippen LogP contribution in [-0.2, 0) is 4.79 Å². The van der Waals surface area contributed by atoms with Crippen molar-refractivity contribution in [1.29, 1.82) is 0 Å². The maximum atomic E-state index is 12.0. The molecular formula is C14H27N3O. The molecule has 0 saturated carbocycles. The fourth-order valence-electron chi connectivity index (χ4n) is 3.02. The molecular weight excluding hydrogens is 226 g/mol. The van der Waals surface area contributed by atoms with Crippen molar-refractivity contribution in [3.8, 4) is 0 Å². The van der Waals surface area contributed by atoms with Crippen molar-refractivity contribution in [3.05, 3.63) is 0 Å². The quantitative estimate of drug-likeness (QED) is 0.714. The summed E-state index contributed by atoms with van der Waals surface area (Å²) in [4.78, 5) is 14.5. The Morgan fingerprint density at radius 2 is 2.11 bits per heavy atom. The van der Waals surface area contributed by atoms with Crippen LogP contribution in [0.5, 0.6) is 0 Å². The van der Waals surface area contributed by atoms with Crippen molar-refractivity contribution in [3.63, 3.8) is 0 Å². The number of amides is 1. The van der Waals surface area contributed by atoms with E-state index in [-0.39, 0.29) is 11.8 Å². The predicted octanol–water partition coefficient (Wildman–Crippen LogP) is 0.834. The first-order chi connectivity index (χ1) is 8.75. The van der Waals surface area contributed by atoms with E-state index in [0.29, 0.717) is 5.92 Å². The lowest BCUT2D eigenvalue weighted by molar-refractivity contribution is -0.125. The first-order valence-corrected chi connectivity index (χ1v) is 7.46. The predicted molar refractivity (Wildman–Crippen MR) is 73.4 cm³/mol. The number of carbonyl (C=O) groups excluding carboxylic acids is 1. The third-order valence-corrected chi connectivity index (χ3v) is 4.09. The Bertz CT molecular complexity index is 264. The second-order valence-corrected chi connectivity index (χ2v) is 5.89. The largest absolute Gasteiger partial charge is 0.356 e. The van der Waals surface area contributed by atoms with Crippen LogP contribution in [0, 0.1) is 11.8 Å². The first kappa shape index (κ1) is 13.8. The normalized spacial score (nSPS) is 29.4. The molecule has 1 amide bonds. The zero-order valence-corrected chi connectivity index (χ0v) is 11.6. The molecule has 2 unspecified atom stereocenters. The van der Waals surface area contributed by atoms with Crippen LogP contribution in [-0.4, -0.2) is 50.1 Å². The Labute approximate surface area is 110 Å². The van der Waals surface area contributed by atoms with E-state index in [0.717, 1.165) is 39.0 Å². The summed E-state index contributed by atoms with van der Waals surface area (Å²) in [6.45, 7) is 8.58. The highest BCUT2D eigenvalue weighted by Gasteiger charge is 2.24. The molecule has 2 aliphatic rings. The summed E-state index contributed by atoms with van der Waals surface area (Å²) in [6, 6.07) is 0. The van der Waals surface area contributed by atoms with Gasteiger partial charge < -0.3 is 15.5 Å². The Balaban J connectivity index is 1.56. The van der Waals surface area contributed by atoms with E-state index in [1.807, 2.05) is 0 Å². The van der Waals surface area contributed by atoms with Crippen LogP contribution < -0.4 is 10.6 Å². The van der Waals surface area contributed by atoms with Crippen LogP contribution in [0.4, 0.5) is 0 Å². The van der Waals surface area contributed by atoms with Crippen LogP contribution in [0.1, 0.15) is 32.6 Å². The fraction of sp³-hybridized carbons (Fsp3) is 0.929. The standard InChI is InChI=1S/C14H27N3O/c1-12-9-13(11-15-10-12)14(18)16-5-4-8-17-6-2-3-7-17/h12-13,15H,2-11H2,1H3,(H,16,18). The molecule has 2 aliphatic heterocycles. The third kappa shape index (κ3) is 4.25. The Kier molecular flexibility index (Phi) is 5.45. The number of nitrogens with zero attached hydrogens (tertiary/aromatic N) is 1. The van der Waals surface area contributed by atoms with Gasteiger partial charge in [-0.3, -0.25) is 4.79 Å². The van der Waals surface area contributed by atoms with Gasteiger partial charge in [0.15, 0.2) is 0 Å². The third-order valence-electron chi connectivity index (χ3n) is 4.09. The Morgan fingerprint density at radius 1 is 1.33 bits per heavy atom. The zero-order chi connectivity index (χ0) is 12.8. The number of nitrogens with one attached hydrogen (secondary N) is 2. The molecule has 104 valence electrons. The summed E-state index contributed by atoms with van der Waals surface area (Å²) in [6.07, 6.45) is 4.81. The summed E-state index contributed by atoms with van der Waals surface area (Å²) in [7, 11) is 0. The average molecular weight is 253 g/mol. The monoisotopic (exact) mass is 253 g/mol. The minimum absolute atomic E-state index is 0.181. The molecule has 0 spiro atoms. The molecule has 2 saturated heterocycles. The van der Waals surface area contributed by atoms with E-state index in [2.05, 4.69) is 22.5 Å². The zero-order valence-electron chi connectivity index (χ0n) is 11.6. The van der Waals surface area contributed by atoms with Gasteiger partial charge in [-0.2, -0.15) is 0 Å². The first-order valence-electron chi connectivity index (χ1n) is 7.46. The van der Waals surface area contributed by atoms with Gasteiger partial charge in [0, 0.05) is 13.1 Å². The van der Waals surface area contributed by atoms with Gasteiger partial charge in [0.05, 0.1) is 5.92 Å². The van der Waals surface area contributed by atoms with E-state index in [1.54, 1.807) is 0 Å². The van der Waals surface area contributed by atoms with Gasteiger partial charge in [-0.15, -0.1) is 0 Å². The Morgan fingerprint density at radius 3 is 2.83 bits per heavy atom. The van der Waals surface area contributed by atoms with Crippen LogP contribution in [0.25, 0.3) is 0 Å². The molecule has 2 atom stereocenters. The smallest absolute Gasteiger partial charge is 0.224 e. The Hall–Kier alpha value is -0.610. The van der Waals surface area contributed by atoms with Crippen LogP contribution in [0.15, 0.2) is 0 Å². The van der Waals surface area contributed by atoms with Crippen molar-refractivity contribution >= 4 is 5.91 Å². The van der Waals surface area contributed by atoms with Crippen molar-refractivity contribution in [1.82, 2.24) is 15.5 Å². The summed E-state index contributed by atoms with van der Waals surface area (Å²) in [5, 5.41) is 6.42. The maximum Gasteiger partial charge on any atom is 0.224 e. The summed E-state index contributed by atoms with van der Waals surface area (Å²) in [5.74, 6) is 1.05. The molecule has 0 aliphatic carbocycles.